The Bertz CT molecular complexity index is 1370. The van der Waals surface area contributed by atoms with Crippen LogP contribution in [0.15, 0.2) is 46.9 Å². The Hall–Kier alpha value is -2.59. The lowest BCUT2D eigenvalue weighted by Crippen LogP contribution is -2.14. The highest BCUT2D eigenvalue weighted by atomic mass is 35.5. The second-order valence-corrected chi connectivity index (χ2v) is 10.6. The van der Waals surface area contributed by atoms with Crippen molar-refractivity contribution in [3.63, 3.8) is 0 Å². The van der Waals surface area contributed by atoms with Crippen LogP contribution in [0.1, 0.15) is 30.0 Å². The number of rotatable bonds is 8. The van der Waals surface area contributed by atoms with Gasteiger partial charge in [0.15, 0.2) is 22.2 Å². The summed E-state index contributed by atoms with van der Waals surface area (Å²) in [5.74, 6) is 1.46. The largest absolute Gasteiger partial charge is 0.482 e. The number of halogens is 2. The number of carbonyl (C=O) groups is 1. The summed E-state index contributed by atoms with van der Waals surface area (Å²) in [6, 6.07) is 11.3. The number of nitrogens with one attached hydrogen (secondary N) is 1. The zero-order chi connectivity index (χ0) is 25.1. The second kappa shape index (κ2) is 11.0. The first-order valence-corrected chi connectivity index (χ1v) is 13.3. The predicted molar refractivity (Wildman–Crippen MR) is 143 cm³/mol. The van der Waals surface area contributed by atoms with Crippen LogP contribution in [0.3, 0.4) is 0 Å². The van der Waals surface area contributed by atoms with Crippen molar-refractivity contribution in [3.8, 4) is 17.0 Å². The second-order valence-electron chi connectivity index (χ2n) is 7.93. The van der Waals surface area contributed by atoms with Gasteiger partial charge in [0, 0.05) is 23.0 Å². The van der Waals surface area contributed by atoms with E-state index in [1.807, 2.05) is 49.9 Å². The first-order valence-electron chi connectivity index (χ1n) is 10.7. The van der Waals surface area contributed by atoms with E-state index in [0.29, 0.717) is 31.9 Å². The average molecular weight is 549 g/mol. The molecule has 1 N–H and O–H groups in total. The molecule has 0 radical (unpaired) electrons. The van der Waals surface area contributed by atoms with E-state index in [4.69, 9.17) is 27.9 Å². The van der Waals surface area contributed by atoms with Crippen molar-refractivity contribution in [2.45, 2.75) is 32.0 Å². The van der Waals surface area contributed by atoms with Crippen molar-refractivity contribution in [1.29, 1.82) is 0 Å². The molecule has 0 aliphatic heterocycles. The van der Waals surface area contributed by atoms with E-state index >= 15 is 0 Å². The molecule has 0 fully saturated rings. The minimum absolute atomic E-state index is 0.162. The molecular weight excluding hydrogens is 525 g/mol. The molecule has 2 heterocycles. The average Bonchev–Trinajstić information content (AvgIpc) is 3.40. The van der Waals surface area contributed by atoms with E-state index in [1.165, 1.54) is 28.7 Å². The number of hydrogen-bond donors (Lipinski definition) is 1. The Morgan fingerprint density at radius 2 is 2.00 bits per heavy atom. The maximum atomic E-state index is 12.5. The summed E-state index contributed by atoms with van der Waals surface area (Å²) in [5.41, 5.74) is 3.68. The fourth-order valence-electron chi connectivity index (χ4n) is 3.42. The SMILES string of the molecule is Cc1ccc(OC(C)c2nnc(SCC(=O)Nc3nc(-c4ccc(Cl)cc4Cl)cs3)n2C)c(C)c1. The van der Waals surface area contributed by atoms with Crippen LogP contribution in [-0.4, -0.2) is 31.4 Å². The van der Waals surface area contributed by atoms with Crippen molar-refractivity contribution in [1.82, 2.24) is 19.7 Å². The van der Waals surface area contributed by atoms with Gasteiger partial charge in [-0.2, -0.15) is 0 Å². The Balaban J connectivity index is 1.34. The maximum Gasteiger partial charge on any atom is 0.236 e. The highest BCUT2D eigenvalue weighted by Crippen LogP contribution is 2.32. The monoisotopic (exact) mass is 547 g/mol. The minimum atomic E-state index is -0.300. The number of aromatic nitrogens is 4. The number of thiazole rings is 1. The molecule has 1 amide bonds. The quantitative estimate of drug-likeness (QED) is 0.246. The van der Waals surface area contributed by atoms with Gasteiger partial charge in [-0.1, -0.05) is 52.7 Å². The number of benzene rings is 2. The van der Waals surface area contributed by atoms with Crippen molar-refractivity contribution in [2.75, 3.05) is 11.1 Å². The third-order valence-electron chi connectivity index (χ3n) is 5.16. The lowest BCUT2D eigenvalue weighted by Gasteiger charge is -2.16. The van der Waals surface area contributed by atoms with Crippen molar-refractivity contribution < 1.29 is 9.53 Å². The van der Waals surface area contributed by atoms with E-state index in [2.05, 4.69) is 26.6 Å². The summed E-state index contributed by atoms with van der Waals surface area (Å²) in [6.07, 6.45) is -0.300. The molecule has 0 saturated carbocycles. The molecule has 4 rings (SSSR count). The van der Waals surface area contributed by atoms with Crippen LogP contribution < -0.4 is 10.1 Å². The van der Waals surface area contributed by atoms with Gasteiger partial charge in [-0.25, -0.2) is 4.98 Å². The molecule has 1 atom stereocenters. The summed E-state index contributed by atoms with van der Waals surface area (Å²) in [4.78, 5) is 17.0. The molecule has 1 unspecified atom stereocenters. The molecule has 0 spiro atoms. The Labute approximate surface area is 221 Å². The first-order chi connectivity index (χ1) is 16.7. The third-order valence-corrected chi connectivity index (χ3v) is 7.48. The number of carbonyl (C=O) groups excluding carboxylic acids is 1. The molecule has 11 heteroatoms. The van der Waals surface area contributed by atoms with Crippen molar-refractivity contribution >= 4 is 57.3 Å². The maximum absolute atomic E-state index is 12.5. The third kappa shape index (κ3) is 6.16. The summed E-state index contributed by atoms with van der Waals surface area (Å²) < 4.78 is 7.95. The van der Waals surface area contributed by atoms with Crippen molar-refractivity contribution in [3.05, 3.63) is 68.8 Å². The van der Waals surface area contributed by atoms with E-state index in [-0.39, 0.29) is 17.8 Å². The minimum Gasteiger partial charge on any atom is -0.482 e. The lowest BCUT2D eigenvalue weighted by molar-refractivity contribution is -0.113. The molecule has 0 aliphatic rings. The van der Waals surface area contributed by atoms with Crippen LogP contribution >= 0.6 is 46.3 Å². The lowest BCUT2D eigenvalue weighted by atomic mass is 10.1. The van der Waals surface area contributed by atoms with Crippen molar-refractivity contribution in [2.24, 2.45) is 7.05 Å². The molecular formula is C24H23Cl2N5O2S2. The van der Waals surface area contributed by atoms with Gasteiger partial charge < -0.3 is 14.6 Å². The highest BCUT2D eigenvalue weighted by molar-refractivity contribution is 7.99. The molecule has 35 heavy (non-hydrogen) atoms. The Kier molecular flexibility index (Phi) is 8.01. The number of amides is 1. The van der Waals surface area contributed by atoms with Gasteiger partial charge in [0.2, 0.25) is 5.91 Å². The number of nitrogens with zero attached hydrogens (tertiary/aromatic N) is 4. The number of anilines is 1. The Morgan fingerprint density at radius 1 is 1.20 bits per heavy atom. The summed E-state index contributed by atoms with van der Waals surface area (Å²) in [7, 11) is 1.86. The van der Waals surface area contributed by atoms with Gasteiger partial charge in [-0.3, -0.25) is 4.79 Å². The summed E-state index contributed by atoms with van der Waals surface area (Å²) in [5, 5.41) is 15.3. The van der Waals surface area contributed by atoms with Gasteiger partial charge in [0.25, 0.3) is 0 Å². The number of ether oxygens (including phenoxy) is 1. The fraction of sp³-hybridized carbons (Fsp3) is 0.250. The van der Waals surface area contributed by atoms with E-state index in [9.17, 15) is 4.79 Å². The summed E-state index contributed by atoms with van der Waals surface area (Å²) in [6.45, 7) is 5.99. The standard InChI is InChI=1S/C24H23Cl2N5O2S2/c1-13-5-8-20(14(2)9-13)33-15(3)22-29-30-24(31(22)4)35-12-21(32)28-23-27-19(11-34-23)17-7-6-16(25)10-18(17)26/h5-11,15H,12H2,1-4H3,(H,27,28,32). The van der Waals surface area contributed by atoms with Gasteiger partial charge >= 0.3 is 0 Å². The van der Waals surface area contributed by atoms with Gasteiger partial charge in [-0.15, -0.1) is 21.5 Å². The van der Waals surface area contributed by atoms with Crippen LogP contribution in [0.4, 0.5) is 5.13 Å². The van der Waals surface area contributed by atoms with Gasteiger partial charge in [0.05, 0.1) is 16.5 Å². The van der Waals surface area contributed by atoms with Crippen LogP contribution in [-0.2, 0) is 11.8 Å². The molecule has 4 aromatic rings. The van der Waals surface area contributed by atoms with Gasteiger partial charge in [-0.05, 0) is 50.6 Å². The summed E-state index contributed by atoms with van der Waals surface area (Å²) >= 11 is 14.8. The predicted octanol–water partition coefficient (Wildman–Crippen LogP) is 6.73. The number of aryl methyl sites for hydroxylation is 2. The van der Waals surface area contributed by atoms with Gasteiger partial charge in [0.1, 0.15) is 5.75 Å². The van der Waals surface area contributed by atoms with E-state index in [1.54, 1.807) is 18.2 Å². The normalized spacial score (nSPS) is 11.9. The highest BCUT2D eigenvalue weighted by Gasteiger charge is 2.19. The smallest absolute Gasteiger partial charge is 0.236 e. The zero-order valence-corrected chi connectivity index (χ0v) is 22.6. The van der Waals surface area contributed by atoms with Crippen LogP contribution in [0.2, 0.25) is 10.0 Å². The molecule has 7 nitrogen and oxygen atoms in total. The van der Waals surface area contributed by atoms with E-state index in [0.717, 1.165) is 16.9 Å². The topological polar surface area (TPSA) is 81.9 Å². The van der Waals surface area contributed by atoms with Crippen LogP contribution in [0, 0.1) is 13.8 Å². The Morgan fingerprint density at radius 3 is 2.74 bits per heavy atom. The molecule has 0 bridgehead atoms. The van der Waals surface area contributed by atoms with E-state index < -0.39 is 0 Å². The molecule has 2 aromatic carbocycles. The van der Waals surface area contributed by atoms with Crippen LogP contribution in [0.25, 0.3) is 11.3 Å². The number of thioether (sulfide) groups is 1. The first kappa shape index (κ1) is 25.5. The molecule has 182 valence electrons. The zero-order valence-electron chi connectivity index (χ0n) is 19.5. The fourth-order valence-corrected chi connectivity index (χ4v) is 5.37. The molecule has 2 aromatic heterocycles. The molecule has 0 aliphatic carbocycles. The number of hydrogen-bond acceptors (Lipinski definition) is 7. The van der Waals surface area contributed by atoms with Crippen LogP contribution in [0.5, 0.6) is 5.75 Å². The molecule has 0 saturated heterocycles.